The van der Waals surface area contributed by atoms with Gasteiger partial charge in [-0.15, -0.1) is 0 Å². The first-order chi connectivity index (χ1) is 27.7. The number of para-hydroxylation sites is 2. The van der Waals surface area contributed by atoms with Crippen molar-refractivity contribution in [3.05, 3.63) is 212 Å². The first-order valence-electron chi connectivity index (χ1n) is 19.2. The maximum atomic E-state index is 6.17. The molecule has 0 bridgehead atoms. The zero-order valence-electron chi connectivity index (χ0n) is 30.6. The van der Waals surface area contributed by atoms with Gasteiger partial charge in [0.15, 0.2) is 0 Å². The molecule has 2 aromatic heterocycles. The van der Waals surface area contributed by atoms with Crippen molar-refractivity contribution in [1.29, 1.82) is 0 Å². The molecule has 262 valence electrons. The molecule has 0 aliphatic heterocycles. The number of nitrogens with zero attached hydrogens (tertiary/aromatic N) is 1. The Morgan fingerprint density at radius 2 is 0.696 bits per heavy atom. The fourth-order valence-corrected chi connectivity index (χ4v) is 8.38. The van der Waals surface area contributed by atoms with Gasteiger partial charge in [-0.25, -0.2) is 0 Å². The second-order valence-electron chi connectivity index (χ2n) is 14.5. The van der Waals surface area contributed by atoms with Crippen LogP contribution < -0.4 is 0 Å². The van der Waals surface area contributed by atoms with Crippen molar-refractivity contribution in [3.8, 4) is 61.3 Å². The lowest BCUT2D eigenvalue weighted by Gasteiger charge is -2.12. The van der Waals surface area contributed by atoms with E-state index in [4.69, 9.17) is 4.42 Å². The second kappa shape index (κ2) is 13.2. The largest absolute Gasteiger partial charge is 0.456 e. The van der Waals surface area contributed by atoms with E-state index < -0.39 is 0 Å². The van der Waals surface area contributed by atoms with Crippen LogP contribution in [0.1, 0.15) is 0 Å². The minimum absolute atomic E-state index is 0.916. The number of fused-ring (bicyclic) bond motifs is 6. The fourth-order valence-electron chi connectivity index (χ4n) is 8.38. The summed E-state index contributed by atoms with van der Waals surface area (Å²) < 4.78 is 8.56. The van der Waals surface area contributed by atoms with E-state index in [1.54, 1.807) is 0 Å². The van der Waals surface area contributed by atoms with Crippen LogP contribution in [0, 0.1) is 0 Å². The number of rotatable bonds is 6. The summed E-state index contributed by atoms with van der Waals surface area (Å²) in [5.41, 5.74) is 17.3. The van der Waals surface area contributed by atoms with Crippen molar-refractivity contribution in [3.63, 3.8) is 0 Å². The van der Waals surface area contributed by atoms with Crippen LogP contribution >= 0.6 is 0 Å². The zero-order chi connectivity index (χ0) is 37.0. The summed E-state index contributed by atoms with van der Waals surface area (Å²) in [6, 6.07) is 76.5. The number of furan rings is 1. The van der Waals surface area contributed by atoms with Gasteiger partial charge < -0.3 is 8.98 Å². The molecule has 11 rings (SSSR count). The van der Waals surface area contributed by atoms with Crippen LogP contribution in [0.15, 0.2) is 217 Å². The molecule has 0 radical (unpaired) electrons. The molecule has 2 nitrogen and oxygen atoms in total. The SMILES string of the molecule is c1ccc(-c2cc(-c3ccccc3)cc(-c3ccc4c(c3)c3ccccc3n4-c3ccc(-c4ccc(-c5ccc6c(c5)oc5ccccc56)cc4)cc3)c2)cc1. The van der Waals surface area contributed by atoms with Gasteiger partial charge in [-0.2, -0.15) is 0 Å². The molecule has 2 heteroatoms. The smallest absolute Gasteiger partial charge is 0.136 e. The van der Waals surface area contributed by atoms with Crippen molar-refractivity contribution in [2.75, 3.05) is 0 Å². The van der Waals surface area contributed by atoms with Gasteiger partial charge in [0.1, 0.15) is 11.2 Å². The topological polar surface area (TPSA) is 18.1 Å². The number of hydrogen-bond donors (Lipinski definition) is 0. The Morgan fingerprint density at radius 1 is 0.250 bits per heavy atom. The average Bonchev–Trinajstić information content (AvgIpc) is 3.82. The Morgan fingerprint density at radius 3 is 1.38 bits per heavy atom. The first-order valence-corrected chi connectivity index (χ1v) is 19.2. The van der Waals surface area contributed by atoms with E-state index in [-0.39, 0.29) is 0 Å². The Bertz CT molecular complexity index is 3150. The quantitative estimate of drug-likeness (QED) is 0.168. The molecule has 0 amide bonds. The standard InChI is InChI=1S/C54H35NO/c1-3-11-36(12-4-1)43-31-44(37-13-5-2-6-14-37)33-45(32-43)41-26-30-52-50(34-41)47-15-7-9-17-51(47)55(52)46-27-23-39(24-28-46)38-19-21-40(22-20-38)42-25-29-49-48-16-8-10-18-53(48)56-54(49)35-42/h1-35H. The maximum Gasteiger partial charge on any atom is 0.136 e. The summed E-state index contributed by atoms with van der Waals surface area (Å²) in [4.78, 5) is 0. The van der Waals surface area contributed by atoms with E-state index in [1.165, 1.54) is 71.9 Å². The lowest BCUT2D eigenvalue weighted by molar-refractivity contribution is 0.669. The van der Waals surface area contributed by atoms with Crippen molar-refractivity contribution in [1.82, 2.24) is 4.57 Å². The Kier molecular flexibility index (Phi) is 7.53. The van der Waals surface area contributed by atoms with Crippen molar-refractivity contribution in [2.24, 2.45) is 0 Å². The van der Waals surface area contributed by atoms with E-state index in [1.807, 2.05) is 12.1 Å². The van der Waals surface area contributed by atoms with Crippen LogP contribution in [0.3, 0.4) is 0 Å². The van der Waals surface area contributed by atoms with Crippen LogP contribution in [0.25, 0.3) is 105 Å². The Labute approximate surface area is 325 Å². The molecular formula is C54H35NO. The lowest BCUT2D eigenvalue weighted by Crippen LogP contribution is -1.93. The highest BCUT2D eigenvalue weighted by atomic mass is 16.3. The summed E-state index contributed by atoms with van der Waals surface area (Å²) in [5.74, 6) is 0. The molecule has 0 aliphatic carbocycles. The Balaban J connectivity index is 0.942. The van der Waals surface area contributed by atoms with Gasteiger partial charge in [0.05, 0.1) is 11.0 Å². The highest BCUT2D eigenvalue weighted by Gasteiger charge is 2.15. The first kappa shape index (κ1) is 32.0. The Hall–Kier alpha value is -7.42. The highest BCUT2D eigenvalue weighted by Crippen LogP contribution is 2.39. The van der Waals surface area contributed by atoms with Gasteiger partial charge in [-0.1, -0.05) is 146 Å². The highest BCUT2D eigenvalue weighted by molar-refractivity contribution is 6.11. The number of aromatic nitrogens is 1. The summed E-state index contributed by atoms with van der Waals surface area (Å²) >= 11 is 0. The van der Waals surface area contributed by atoms with Gasteiger partial charge in [0.25, 0.3) is 0 Å². The normalized spacial score (nSPS) is 11.6. The van der Waals surface area contributed by atoms with Gasteiger partial charge >= 0.3 is 0 Å². The molecule has 0 spiro atoms. The molecule has 0 aliphatic rings. The molecule has 0 saturated carbocycles. The van der Waals surface area contributed by atoms with E-state index in [0.29, 0.717) is 0 Å². The predicted octanol–water partition coefficient (Wildman–Crippen LogP) is 15.0. The summed E-state index contributed by atoms with van der Waals surface area (Å²) in [6.07, 6.45) is 0. The van der Waals surface area contributed by atoms with E-state index in [2.05, 4.69) is 205 Å². The number of benzene rings is 9. The van der Waals surface area contributed by atoms with Crippen molar-refractivity contribution >= 4 is 43.7 Å². The third kappa shape index (κ3) is 5.51. The van der Waals surface area contributed by atoms with Gasteiger partial charge in [0, 0.05) is 27.2 Å². The van der Waals surface area contributed by atoms with Crippen LogP contribution in [-0.2, 0) is 0 Å². The maximum absolute atomic E-state index is 6.17. The van der Waals surface area contributed by atoms with Gasteiger partial charge in [0.2, 0.25) is 0 Å². The molecule has 11 aromatic rings. The summed E-state index contributed by atoms with van der Waals surface area (Å²) in [6.45, 7) is 0. The van der Waals surface area contributed by atoms with Gasteiger partial charge in [-0.3, -0.25) is 0 Å². The minimum Gasteiger partial charge on any atom is -0.456 e. The third-order valence-corrected chi connectivity index (χ3v) is 11.2. The van der Waals surface area contributed by atoms with E-state index >= 15 is 0 Å². The lowest BCUT2D eigenvalue weighted by atomic mass is 9.93. The monoisotopic (exact) mass is 713 g/mol. The molecule has 2 heterocycles. The molecule has 0 saturated heterocycles. The van der Waals surface area contributed by atoms with Crippen LogP contribution in [0.5, 0.6) is 0 Å². The molecule has 0 fully saturated rings. The molecule has 0 N–H and O–H groups in total. The van der Waals surface area contributed by atoms with Gasteiger partial charge in [-0.05, 0) is 122 Å². The molecule has 0 unspecified atom stereocenters. The van der Waals surface area contributed by atoms with Crippen LogP contribution in [0.2, 0.25) is 0 Å². The summed E-state index contributed by atoms with van der Waals surface area (Å²) in [7, 11) is 0. The predicted molar refractivity (Wildman–Crippen MR) is 235 cm³/mol. The van der Waals surface area contributed by atoms with Crippen LogP contribution in [-0.4, -0.2) is 4.57 Å². The van der Waals surface area contributed by atoms with E-state index in [0.717, 1.165) is 33.2 Å². The van der Waals surface area contributed by atoms with Crippen molar-refractivity contribution in [2.45, 2.75) is 0 Å². The summed E-state index contributed by atoms with van der Waals surface area (Å²) in [5, 5.41) is 4.79. The van der Waals surface area contributed by atoms with E-state index in [9.17, 15) is 0 Å². The number of hydrogen-bond acceptors (Lipinski definition) is 1. The second-order valence-corrected chi connectivity index (χ2v) is 14.5. The van der Waals surface area contributed by atoms with Crippen LogP contribution in [0.4, 0.5) is 0 Å². The molecule has 56 heavy (non-hydrogen) atoms. The molecule has 0 atom stereocenters. The fraction of sp³-hybridized carbons (Fsp3) is 0. The zero-order valence-corrected chi connectivity index (χ0v) is 30.6. The van der Waals surface area contributed by atoms with Crippen molar-refractivity contribution < 1.29 is 4.42 Å². The minimum atomic E-state index is 0.916. The molecular weight excluding hydrogens is 679 g/mol. The third-order valence-electron chi connectivity index (χ3n) is 11.2. The average molecular weight is 714 g/mol. The molecule has 9 aromatic carbocycles.